The van der Waals surface area contributed by atoms with Crippen LogP contribution in [0.15, 0.2) is 30.3 Å². The van der Waals surface area contributed by atoms with E-state index in [4.69, 9.17) is 9.84 Å². The third-order valence-corrected chi connectivity index (χ3v) is 3.27. The SMILES string of the molecule is COC(C)(C)CC(=O)N(CCCC(=O)O)c1ccccc1. The third kappa shape index (κ3) is 5.95. The van der Waals surface area contributed by atoms with Crippen LogP contribution in [0.5, 0.6) is 0 Å². The zero-order chi connectivity index (χ0) is 15.9. The van der Waals surface area contributed by atoms with E-state index in [-0.39, 0.29) is 18.7 Å². The van der Waals surface area contributed by atoms with Gasteiger partial charge in [-0.25, -0.2) is 0 Å². The second-order valence-corrected chi connectivity index (χ2v) is 5.52. The summed E-state index contributed by atoms with van der Waals surface area (Å²) in [7, 11) is 1.57. The van der Waals surface area contributed by atoms with Crippen molar-refractivity contribution in [1.82, 2.24) is 0 Å². The number of hydrogen-bond acceptors (Lipinski definition) is 3. The summed E-state index contributed by atoms with van der Waals surface area (Å²) in [5, 5.41) is 8.74. The van der Waals surface area contributed by atoms with Gasteiger partial charge in [0.2, 0.25) is 5.91 Å². The zero-order valence-electron chi connectivity index (χ0n) is 12.8. The number of rotatable bonds is 8. The number of carboxylic acids is 1. The van der Waals surface area contributed by atoms with Crippen LogP contribution in [-0.4, -0.2) is 36.2 Å². The lowest BCUT2D eigenvalue weighted by atomic mass is 10.0. The number of benzene rings is 1. The Kier molecular flexibility index (Phi) is 6.37. The summed E-state index contributed by atoms with van der Waals surface area (Å²) in [5.41, 5.74) is 0.233. The van der Waals surface area contributed by atoms with Gasteiger partial charge in [-0.1, -0.05) is 18.2 Å². The molecule has 116 valence electrons. The number of carbonyl (C=O) groups is 2. The lowest BCUT2D eigenvalue weighted by Crippen LogP contribution is -2.38. The Labute approximate surface area is 125 Å². The van der Waals surface area contributed by atoms with E-state index in [1.54, 1.807) is 12.0 Å². The Morgan fingerprint density at radius 3 is 2.38 bits per heavy atom. The molecule has 1 aromatic carbocycles. The molecule has 0 bridgehead atoms. The van der Waals surface area contributed by atoms with E-state index in [0.29, 0.717) is 13.0 Å². The van der Waals surface area contributed by atoms with Gasteiger partial charge in [-0.3, -0.25) is 9.59 Å². The van der Waals surface area contributed by atoms with Crippen molar-refractivity contribution >= 4 is 17.6 Å². The van der Waals surface area contributed by atoms with Crippen molar-refractivity contribution in [2.45, 2.75) is 38.7 Å². The van der Waals surface area contributed by atoms with Gasteiger partial charge in [0.25, 0.3) is 0 Å². The first kappa shape index (κ1) is 17.2. The smallest absolute Gasteiger partial charge is 0.303 e. The Bertz CT molecular complexity index is 470. The molecule has 0 saturated heterocycles. The fourth-order valence-electron chi connectivity index (χ4n) is 1.93. The molecule has 0 aliphatic heterocycles. The fraction of sp³-hybridized carbons (Fsp3) is 0.500. The Morgan fingerprint density at radius 2 is 1.86 bits per heavy atom. The highest BCUT2D eigenvalue weighted by atomic mass is 16.5. The third-order valence-electron chi connectivity index (χ3n) is 3.27. The van der Waals surface area contributed by atoms with Gasteiger partial charge in [0.15, 0.2) is 0 Å². The van der Waals surface area contributed by atoms with Crippen molar-refractivity contribution in [2.24, 2.45) is 0 Å². The minimum absolute atomic E-state index is 0.0459. The number of carboxylic acid groups (broad SMARTS) is 1. The van der Waals surface area contributed by atoms with Crippen molar-refractivity contribution in [3.8, 4) is 0 Å². The standard InChI is InChI=1S/C16H23NO4/c1-16(2,21-3)12-14(18)17(11-7-10-15(19)20)13-8-5-4-6-9-13/h4-6,8-9H,7,10-12H2,1-3H3,(H,19,20). The van der Waals surface area contributed by atoms with Gasteiger partial charge in [-0.05, 0) is 32.4 Å². The first-order valence-corrected chi connectivity index (χ1v) is 6.98. The number of methoxy groups -OCH3 is 1. The topological polar surface area (TPSA) is 66.8 Å². The number of ether oxygens (including phenoxy) is 1. The summed E-state index contributed by atoms with van der Waals surface area (Å²) in [4.78, 5) is 24.8. The van der Waals surface area contributed by atoms with Crippen LogP contribution >= 0.6 is 0 Å². The number of anilines is 1. The van der Waals surface area contributed by atoms with Gasteiger partial charge in [0.05, 0.1) is 12.0 Å². The molecule has 0 heterocycles. The number of hydrogen-bond donors (Lipinski definition) is 1. The minimum atomic E-state index is -0.854. The van der Waals surface area contributed by atoms with Crippen molar-refractivity contribution in [2.75, 3.05) is 18.6 Å². The Hall–Kier alpha value is -1.88. The van der Waals surface area contributed by atoms with E-state index < -0.39 is 11.6 Å². The number of para-hydroxylation sites is 1. The summed E-state index contributed by atoms with van der Waals surface area (Å²) in [6, 6.07) is 9.28. The molecule has 0 atom stereocenters. The minimum Gasteiger partial charge on any atom is -0.481 e. The molecule has 5 heteroatoms. The van der Waals surface area contributed by atoms with E-state index >= 15 is 0 Å². The molecule has 1 aromatic rings. The first-order chi connectivity index (χ1) is 9.85. The number of nitrogens with zero attached hydrogens (tertiary/aromatic N) is 1. The second kappa shape index (κ2) is 7.78. The Morgan fingerprint density at radius 1 is 1.24 bits per heavy atom. The molecule has 1 rings (SSSR count). The van der Waals surface area contributed by atoms with Crippen LogP contribution in [-0.2, 0) is 14.3 Å². The molecule has 0 aliphatic rings. The maximum atomic E-state index is 12.5. The van der Waals surface area contributed by atoms with Gasteiger partial charge in [-0.15, -0.1) is 0 Å². The van der Waals surface area contributed by atoms with E-state index in [1.165, 1.54) is 0 Å². The number of amides is 1. The molecule has 0 spiro atoms. The normalized spacial score (nSPS) is 11.2. The summed E-state index contributed by atoms with van der Waals surface area (Å²) >= 11 is 0. The molecule has 0 saturated carbocycles. The van der Waals surface area contributed by atoms with Gasteiger partial charge in [0.1, 0.15) is 0 Å². The first-order valence-electron chi connectivity index (χ1n) is 6.98. The average Bonchev–Trinajstić information content (AvgIpc) is 2.43. The average molecular weight is 293 g/mol. The quantitative estimate of drug-likeness (QED) is 0.800. The van der Waals surface area contributed by atoms with Crippen LogP contribution in [0.2, 0.25) is 0 Å². The van der Waals surface area contributed by atoms with Crippen molar-refractivity contribution in [1.29, 1.82) is 0 Å². The summed E-state index contributed by atoms with van der Waals surface area (Å²) in [6.07, 6.45) is 0.707. The predicted octanol–water partition coefficient (Wildman–Crippen LogP) is 2.70. The van der Waals surface area contributed by atoms with Crippen LogP contribution in [0.25, 0.3) is 0 Å². The lowest BCUT2D eigenvalue weighted by molar-refractivity contribution is -0.137. The molecule has 0 aromatic heterocycles. The number of carbonyl (C=O) groups excluding carboxylic acids is 1. The molecule has 0 fully saturated rings. The molecule has 1 amide bonds. The van der Waals surface area contributed by atoms with E-state index in [9.17, 15) is 9.59 Å². The largest absolute Gasteiger partial charge is 0.481 e. The molecule has 0 aliphatic carbocycles. The van der Waals surface area contributed by atoms with Crippen molar-refractivity contribution < 1.29 is 19.4 Å². The van der Waals surface area contributed by atoms with Crippen molar-refractivity contribution in [3.05, 3.63) is 30.3 Å². The molecule has 0 radical (unpaired) electrons. The van der Waals surface area contributed by atoms with Crippen LogP contribution in [0, 0.1) is 0 Å². The maximum absolute atomic E-state index is 12.5. The monoisotopic (exact) mass is 293 g/mol. The van der Waals surface area contributed by atoms with E-state index in [2.05, 4.69) is 0 Å². The number of aliphatic carboxylic acids is 1. The van der Waals surface area contributed by atoms with Crippen LogP contribution in [0.1, 0.15) is 33.1 Å². The highest BCUT2D eigenvalue weighted by Crippen LogP contribution is 2.20. The highest BCUT2D eigenvalue weighted by Gasteiger charge is 2.25. The van der Waals surface area contributed by atoms with Gasteiger partial charge in [0, 0.05) is 25.8 Å². The van der Waals surface area contributed by atoms with Crippen LogP contribution < -0.4 is 4.90 Å². The fourth-order valence-corrected chi connectivity index (χ4v) is 1.93. The molecular weight excluding hydrogens is 270 g/mol. The van der Waals surface area contributed by atoms with Crippen molar-refractivity contribution in [3.63, 3.8) is 0 Å². The Balaban J connectivity index is 2.81. The molecular formula is C16H23NO4. The van der Waals surface area contributed by atoms with E-state index in [1.807, 2.05) is 44.2 Å². The summed E-state index contributed by atoms with van der Waals surface area (Å²) in [5.74, 6) is -0.925. The molecule has 0 unspecified atom stereocenters. The second-order valence-electron chi connectivity index (χ2n) is 5.52. The zero-order valence-corrected chi connectivity index (χ0v) is 12.8. The van der Waals surface area contributed by atoms with Gasteiger partial charge in [-0.2, -0.15) is 0 Å². The highest BCUT2D eigenvalue weighted by molar-refractivity contribution is 5.93. The molecule has 21 heavy (non-hydrogen) atoms. The predicted molar refractivity (Wildman–Crippen MR) is 81.4 cm³/mol. The lowest BCUT2D eigenvalue weighted by Gasteiger charge is -2.28. The summed E-state index contributed by atoms with van der Waals surface area (Å²) in [6.45, 7) is 4.09. The molecule has 5 nitrogen and oxygen atoms in total. The van der Waals surface area contributed by atoms with Crippen LogP contribution in [0.4, 0.5) is 5.69 Å². The van der Waals surface area contributed by atoms with E-state index in [0.717, 1.165) is 5.69 Å². The molecule has 1 N–H and O–H groups in total. The van der Waals surface area contributed by atoms with Gasteiger partial charge < -0.3 is 14.7 Å². The van der Waals surface area contributed by atoms with Gasteiger partial charge >= 0.3 is 5.97 Å². The summed E-state index contributed by atoms with van der Waals surface area (Å²) < 4.78 is 5.30. The van der Waals surface area contributed by atoms with Crippen LogP contribution in [0.3, 0.4) is 0 Å². The maximum Gasteiger partial charge on any atom is 0.303 e.